The fourth-order valence-corrected chi connectivity index (χ4v) is 3.00. The first-order valence-electron chi connectivity index (χ1n) is 8.74. The number of anilines is 1. The molecule has 1 heterocycles. The highest BCUT2D eigenvalue weighted by Crippen LogP contribution is 2.23. The molecule has 0 radical (unpaired) electrons. The first kappa shape index (κ1) is 20.2. The number of benzene rings is 2. The van der Waals surface area contributed by atoms with Crippen molar-refractivity contribution in [2.75, 3.05) is 4.90 Å². The van der Waals surface area contributed by atoms with Crippen molar-refractivity contribution < 1.29 is 24.2 Å². The fraction of sp³-hybridized carbons (Fsp3) is 0.143. The van der Waals surface area contributed by atoms with Crippen LogP contribution in [0.4, 0.5) is 5.69 Å². The molecule has 29 heavy (non-hydrogen) atoms. The number of nitrogens with one attached hydrogen (secondary N) is 1. The van der Waals surface area contributed by atoms with Crippen LogP contribution in [0.5, 0.6) is 5.75 Å². The van der Waals surface area contributed by atoms with Crippen molar-refractivity contribution in [3.8, 4) is 5.75 Å². The van der Waals surface area contributed by atoms with Gasteiger partial charge in [-0.05, 0) is 67.5 Å². The smallest absolute Gasteiger partial charge is 0.344 e. The molecule has 0 saturated carbocycles. The highest BCUT2D eigenvalue weighted by atomic mass is 32.1. The highest BCUT2D eigenvalue weighted by Gasteiger charge is 2.34. The molecule has 0 spiro atoms. The van der Waals surface area contributed by atoms with E-state index in [-0.39, 0.29) is 10.7 Å². The lowest BCUT2D eigenvalue weighted by molar-refractivity contribution is -0.144. The number of thiocarbonyl (C=S) groups is 1. The number of nitrogens with zero attached hydrogens (tertiary/aromatic N) is 1. The van der Waals surface area contributed by atoms with Crippen LogP contribution in [0.1, 0.15) is 18.1 Å². The van der Waals surface area contributed by atoms with Crippen LogP contribution in [-0.4, -0.2) is 34.1 Å². The van der Waals surface area contributed by atoms with Crippen molar-refractivity contribution in [1.29, 1.82) is 0 Å². The fourth-order valence-electron chi connectivity index (χ4n) is 2.72. The Hall–Kier alpha value is -3.52. The summed E-state index contributed by atoms with van der Waals surface area (Å²) in [5.41, 5.74) is 2.03. The number of rotatable bonds is 5. The number of hydrogen-bond acceptors (Lipinski definition) is 5. The van der Waals surface area contributed by atoms with E-state index in [0.29, 0.717) is 17.0 Å². The third-order valence-electron chi connectivity index (χ3n) is 4.21. The van der Waals surface area contributed by atoms with Crippen molar-refractivity contribution in [1.82, 2.24) is 5.32 Å². The Morgan fingerprint density at radius 3 is 2.52 bits per heavy atom. The van der Waals surface area contributed by atoms with E-state index in [9.17, 15) is 14.4 Å². The zero-order valence-corrected chi connectivity index (χ0v) is 16.5. The molecule has 3 rings (SSSR count). The van der Waals surface area contributed by atoms with Gasteiger partial charge in [0.2, 0.25) is 0 Å². The lowest BCUT2D eigenvalue weighted by Crippen LogP contribution is -2.54. The van der Waals surface area contributed by atoms with Crippen LogP contribution in [0, 0.1) is 6.92 Å². The maximum Gasteiger partial charge on any atom is 0.344 e. The van der Waals surface area contributed by atoms with Gasteiger partial charge in [0, 0.05) is 0 Å². The maximum atomic E-state index is 13.0. The van der Waals surface area contributed by atoms with Crippen LogP contribution in [0.3, 0.4) is 0 Å². The van der Waals surface area contributed by atoms with Gasteiger partial charge in [-0.1, -0.05) is 24.3 Å². The van der Waals surface area contributed by atoms with Crippen LogP contribution in [-0.2, 0) is 14.4 Å². The third kappa shape index (κ3) is 4.49. The van der Waals surface area contributed by atoms with Crippen LogP contribution < -0.4 is 15.0 Å². The minimum atomic E-state index is -1.08. The predicted octanol–water partition coefficient (Wildman–Crippen LogP) is 2.68. The summed E-state index contributed by atoms with van der Waals surface area (Å²) in [5.74, 6) is -1.81. The molecule has 1 aliphatic heterocycles. The Balaban J connectivity index is 1.87. The van der Waals surface area contributed by atoms with Crippen molar-refractivity contribution >= 4 is 46.9 Å². The SMILES string of the molecule is Cc1cccc(N2C(=O)/C(=C/c3ccc(O[C@H](C)C(=O)O)cc3)C(=O)NC2=S)c1. The van der Waals surface area contributed by atoms with Crippen LogP contribution in [0.15, 0.2) is 54.1 Å². The molecule has 0 aromatic heterocycles. The second-order valence-corrected chi connectivity index (χ2v) is 6.85. The van der Waals surface area contributed by atoms with Crippen molar-refractivity contribution in [2.24, 2.45) is 0 Å². The number of aliphatic carboxylic acids is 1. The van der Waals surface area contributed by atoms with Gasteiger partial charge in [0.25, 0.3) is 11.8 Å². The second kappa shape index (κ2) is 8.24. The maximum absolute atomic E-state index is 13.0. The molecule has 148 valence electrons. The highest BCUT2D eigenvalue weighted by molar-refractivity contribution is 7.80. The number of carboxylic acid groups (broad SMARTS) is 1. The number of ether oxygens (including phenoxy) is 1. The topological polar surface area (TPSA) is 95.9 Å². The van der Waals surface area contributed by atoms with E-state index in [1.807, 2.05) is 13.0 Å². The van der Waals surface area contributed by atoms with E-state index in [0.717, 1.165) is 5.56 Å². The molecular formula is C21H18N2O5S. The Morgan fingerprint density at radius 2 is 1.90 bits per heavy atom. The van der Waals surface area contributed by atoms with Gasteiger partial charge < -0.3 is 9.84 Å². The van der Waals surface area contributed by atoms with Crippen LogP contribution in [0.25, 0.3) is 6.08 Å². The summed E-state index contributed by atoms with van der Waals surface area (Å²) in [6, 6.07) is 13.6. The van der Waals surface area contributed by atoms with E-state index in [1.165, 1.54) is 17.9 Å². The van der Waals surface area contributed by atoms with Crippen molar-refractivity contribution in [3.05, 3.63) is 65.2 Å². The van der Waals surface area contributed by atoms with E-state index in [2.05, 4.69) is 5.32 Å². The van der Waals surface area contributed by atoms with Gasteiger partial charge in [-0.15, -0.1) is 0 Å². The van der Waals surface area contributed by atoms with Gasteiger partial charge in [-0.3, -0.25) is 19.8 Å². The Bertz CT molecular complexity index is 1030. The Labute approximate surface area is 172 Å². The molecule has 2 N–H and O–H groups in total. The van der Waals surface area contributed by atoms with Gasteiger partial charge >= 0.3 is 5.97 Å². The quantitative estimate of drug-likeness (QED) is 0.447. The van der Waals surface area contributed by atoms with Gasteiger partial charge in [-0.2, -0.15) is 0 Å². The predicted molar refractivity (Wildman–Crippen MR) is 112 cm³/mol. The molecular weight excluding hydrogens is 392 g/mol. The van der Waals surface area contributed by atoms with Gasteiger partial charge in [0.05, 0.1) is 5.69 Å². The number of carboxylic acids is 1. The van der Waals surface area contributed by atoms with E-state index >= 15 is 0 Å². The van der Waals surface area contributed by atoms with Crippen LogP contribution in [0.2, 0.25) is 0 Å². The first-order chi connectivity index (χ1) is 13.8. The first-order valence-corrected chi connectivity index (χ1v) is 9.15. The number of amides is 2. The van der Waals surface area contributed by atoms with E-state index in [4.69, 9.17) is 22.1 Å². The van der Waals surface area contributed by atoms with Crippen molar-refractivity contribution in [2.45, 2.75) is 20.0 Å². The summed E-state index contributed by atoms with van der Waals surface area (Å²) in [6.07, 6.45) is 0.459. The number of carbonyl (C=O) groups is 3. The lowest BCUT2D eigenvalue weighted by Gasteiger charge is -2.29. The summed E-state index contributed by atoms with van der Waals surface area (Å²) in [5, 5.41) is 11.5. The zero-order valence-electron chi connectivity index (χ0n) is 15.7. The molecule has 1 atom stereocenters. The van der Waals surface area contributed by atoms with Gasteiger partial charge in [-0.25, -0.2) is 4.79 Å². The van der Waals surface area contributed by atoms with Crippen LogP contribution >= 0.6 is 12.2 Å². The summed E-state index contributed by atoms with van der Waals surface area (Å²) in [6.45, 7) is 3.32. The molecule has 2 aromatic rings. The minimum absolute atomic E-state index is 0.0224. The van der Waals surface area contributed by atoms with Gasteiger partial charge in [0.15, 0.2) is 11.2 Å². The summed E-state index contributed by atoms with van der Waals surface area (Å²) < 4.78 is 5.27. The average Bonchev–Trinajstić information content (AvgIpc) is 2.66. The summed E-state index contributed by atoms with van der Waals surface area (Å²) >= 11 is 5.18. The standard InChI is InChI=1S/C21H18N2O5S/c1-12-4-3-5-15(10-12)23-19(25)17(18(24)22-21(23)29)11-14-6-8-16(9-7-14)28-13(2)20(26)27/h3-11,13H,1-2H3,(H,26,27)(H,22,24,29)/b17-11+/t13-/m1/s1. The average molecular weight is 410 g/mol. The minimum Gasteiger partial charge on any atom is -0.479 e. The molecule has 0 unspecified atom stereocenters. The molecule has 0 bridgehead atoms. The summed E-state index contributed by atoms with van der Waals surface area (Å²) in [4.78, 5) is 37.5. The second-order valence-electron chi connectivity index (χ2n) is 6.46. The molecule has 1 fully saturated rings. The van der Waals surface area contributed by atoms with Crippen molar-refractivity contribution in [3.63, 3.8) is 0 Å². The molecule has 8 heteroatoms. The van der Waals surface area contributed by atoms with Gasteiger partial charge in [0.1, 0.15) is 11.3 Å². The zero-order chi connectivity index (χ0) is 21.1. The molecule has 0 aliphatic carbocycles. The molecule has 1 saturated heterocycles. The Kier molecular flexibility index (Phi) is 5.74. The Morgan fingerprint density at radius 1 is 1.21 bits per heavy atom. The monoisotopic (exact) mass is 410 g/mol. The molecule has 2 amide bonds. The number of hydrogen-bond donors (Lipinski definition) is 2. The largest absolute Gasteiger partial charge is 0.479 e. The van der Waals surface area contributed by atoms with E-state index < -0.39 is 23.9 Å². The number of aryl methyl sites for hydroxylation is 1. The molecule has 2 aromatic carbocycles. The lowest BCUT2D eigenvalue weighted by atomic mass is 10.1. The summed E-state index contributed by atoms with van der Waals surface area (Å²) in [7, 11) is 0. The third-order valence-corrected chi connectivity index (χ3v) is 4.50. The molecule has 7 nitrogen and oxygen atoms in total. The van der Waals surface area contributed by atoms with E-state index in [1.54, 1.807) is 42.5 Å². The number of carbonyl (C=O) groups excluding carboxylic acids is 2. The molecule has 1 aliphatic rings. The normalized spacial score (nSPS) is 16.6.